The highest BCUT2D eigenvalue weighted by molar-refractivity contribution is 9.10. The third kappa shape index (κ3) is 3.92. The second-order valence-corrected chi connectivity index (χ2v) is 6.22. The van der Waals surface area contributed by atoms with E-state index >= 15 is 0 Å². The number of halogens is 1. The molecule has 0 bridgehead atoms. The quantitative estimate of drug-likeness (QED) is 0.621. The summed E-state index contributed by atoms with van der Waals surface area (Å²) in [4.78, 5) is 2.19. The smallest absolute Gasteiger partial charge is 0.124 e. The van der Waals surface area contributed by atoms with Gasteiger partial charge in [-0.25, -0.2) is 0 Å². The fourth-order valence-corrected chi connectivity index (χ4v) is 2.67. The number of nitrogens with one attached hydrogen (secondary N) is 1. The Labute approximate surface area is 122 Å². The monoisotopic (exact) mass is 329 g/mol. The van der Waals surface area contributed by atoms with Crippen molar-refractivity contribution >= 4 is 39.2 Å². The molecule has 0 aliphatic rings. The number of nitrogens with two attached hydrogens (primary N) is 1. The third-order valence-electron chi connectivity index (χ3n) is 3.03. The predicted molar refractivity (Wildman–Crippen MR) is 86.0 cm³/mol. The molecular formula is C13H20BrN3S. The fraction of sp³-hybridized carbons (Fsp3) is 0.462. The molecule has 0 saturated carbocycles. The van der Waals surface area contributed by atoms with E-state index in [0.717, 1.165) is 27.9 Å². The number of amidine groups is 1. The first-order chi connectivity index (χ1) is 8.47. The van der Waals surface area contributed by atoms with E-state index in [9.17, 15) is 0 Å². The van der Waals surface area contributed by atoms with E-state index in [1.54, 1.807) is 0 Å². The van der Waals surface area contributed by atoms with Crippen LogP contribution in [0.15, 0.2) is 22.7 Å². The summed E-state index contributed by atoms with van der Waals surface area (Å²) in [5, 5.41) is 7.65. The van der Waals surface area contributed by atoms with Gasteiger partial charge < -0.3 is 10.6 Å². The van der Waals surface area contributed by atoms with Crippen molar-refractivity contribution < 1.29 is 0 Å². The van der Waals surface area contributed by atoms with Crippen LogP contribution in [0, 0.1) is 5.41 Å². The molecule has 1 rings (SSSR count). The zero-order valence-corrected chi connectivity index (χ0v) is 13.4. The molecule has 100 valence electrons. The van der Waals surface area contributed by atoms with Crippen molar-refractivity contribution in [2.75, 3.05) is 24.0 Å². The minimum absolute atomic E-state index is 0.112. The van der Waals surface area contributed by atoms with E-state index < -0.39 is 0 Å². The first-order valence-corrected chi connectivity index (χ1v) is 8.01. The number of hydrogen-bond acceptors (Lipinski definition) is 3. The summed E-state index contributed by atoms with van der Waals surface area (Å²) in [5.41, 5.74) is 7.43. The van der Waals surface area contributed by atoms with Gasteiger partial charge in [-0.15, -0.1) is 0 Å². The highest BCUT2D eigenvalue weighted by Gasteiger charge is 2.15. The van der Waals surface area contributed by atoms with Gasteiger partial charge in [-0.05, 0) is 43.6 Å². The lowest BCUT2D eigenvalue weighted by atomic mass is 10.1. The molecular weight excluding hydrogens is 310 g/mol. The van der Waals surface area contributed by atoms with Crippen LogP contribution in [0.2, 0.25) is 0 Å². The van der Waals surface area contributed by atoms with E-state index in [4.69, 9.17) is 11.1 Å². The summed E-state index contributed by atoms with van der Waals surface area (Å²) >= 11 is 5.33. The Morgan fingerprint density at radius 1 is 1.56 bits per heavy atom. The van der Waals surface area contributed by atoms with E-state index in [-0.39, 0.29) is 5.84 Å². The van der Waals surface area contributed by atoms with Gasteiger partial charge in [0, 0.05) is 28.8 Å². The zero-order valence-electron chi connectivity index (χ0n) is 11.0. The van der Waals surface area contributed by atoms with Crippen LogP contribution in [-0.4, -0.2) is 30.9 Å². The van der Waals surface area contributed by atoms with Gasteiger partial charge in [0.05, 0.1) is 0 Å². The maximum Gasteiger partial charge on any atom is 0.124 e. The van der Waals surface area contributed by atoms with E-state index in [1.807, 2.05) is 30.0 Å². The number of benzene rings is 1. The lowest BCUT2D eigenvalue weighted by Crippen LogP contribution is -2.31. The Morgan fingerprint density at radius 2 is 2.22 bits per heavy atom. The Kier molecular flexibility index (Phi) is 6.02. The molecule has 0 fully saturated rings. The predicted octanol–water partition coefficient (Wildman–Crippen LogP) is 3.31. The summed E-state index contributed by atoms with van der Waals surface area (Å²) in [5.74, 6) is 1.25. The van der Waals surface area contributed by atoms with Crippen molar-refractivity contribution in [2.45, 2.75) is 19.4 Å². The van der Waals surface area contributed by atoms with Crippen molar-refractivity contribution in [1.29, 1.82) is 5.41 Å². The Bertz CT molecular complexity index is 423. The highest BCUT2D eigenvalue weighted by atomic mass is 79.9. The standard InChI is InChI=1S/C13H20BrN3S/c1-9(6-7-18-3)17(2)12-8-10(14)4-5-11(12)13(15)16/h4-5,8-9H,6-7H2,1-3H3,(H3,15,16). The summed E-state index contributed by atoms with van der Waals surface area (Å²) in [7, 11) is 2.05. The molecule has 0 radical (unpaired) electrons. The third-order valence-corrected chi connectivity index (χ3v) is 4.17. The van der Waals surface area contributed by atoms with Gasteiger partial charge >= 0.3 is 0 Å². The Balaban J connectivity index is 2.99. The molecule has 0 aromatic heterocycles. The second-order valence-electron chi connectivity index (χ2n) is 4.32. The first kappa shape index (κ1) is 15.4. The molecule has 3 N–H and O–H groups in total. The topological polar surface area (TPSA) is 53.1 Å². The van der Waals surface area contributed by atoms with Crippen LogP contribution in [0.1, 0.15) is 18.9 Å². The SMILES string of the molecule is CSCCC(C)N(C)c1cc(Br)ccc1C(=N)N. The van der Waals surface area contributed by atoms with E-state index in [0.29, 0.717) is 6.04 Å². The van der Waals surface area contributed by atoms with Crippen LogP contribution in [0.5, 0.6) is 0 Å². The van der Waals surface area contributed by atoms with Crippen LogP contribution in [-0.2, 0) is 0 Å². The molecule has 0 saturated heterocycles. The minimum atomic E-state index is 0.112. The number of nitrogens with zero attached hydrogens (tertiary/aromatic N) is 1. The first-order valence-electron chi connectivity index (χ1n) is 5.83. The molecule has 1 atom stereocenters. The van der Waals surface area contributed by atoms with Crippen LogP contribution in [0.4, 0.5) is 5.69 Å². The molecule has 1 aromatic carbocycles. The molecule has 0 spiro atoms. The molecule has 0 heterocycles. The number of thioether (sulfide) groups is 1. The maximum absolute atomic E-state index is 7.65. The van der Waals surface area contributed by atoms with Crippen molar-refractivity contribution in [2.24, 2.45) is 5.73 Å². The second kappa shape index (κ2) is 7.04. The number of anilines is 1. The van der Waals surface area contributed by atoms with Gasteiger partial charge in [0.1, 0.15) is 5.84 Å². The fourth-order valence-electron chi connectivity index (χ4n) is 1.74. The number of nitrogen functional groups attached to an aromatic ring is 1. The molecule has 1 aromatic rings. The molecule has 18 heavy (non-hydrogen) atoms. The van der Waals surface area contributed by atoms with Crippen LogP contribution < -0.4 is 10.6 Å². The molecule has 0 amide bonds. The van der Waals surface area contributed by atoms with E-state index in [2.05, 4.69) is 41.1 Å². The Morgan fingerprint density at radius 3 is 2.78 bits per heavy atom. The normalized spacial score (nSPS) is 12.2. The minimum Gasteiger partial charge on any atom is -0.384 e. The van der Waals surface area contributed by atoms with Crippen molar-refractivity contribution in [3.05, 3.63) is 28.2 Å². The highest BCUT2D eigenvalue weighted by Crippen LogP contribution is 2.26. The maximum atomic E-state index is 7.65. The van der Waals surface area contributed by atoms with Gasteiger partial charge in [0.15, 0.2) is 0 Å². The molecule has 0 aliphatic carbocycles. The van der Waals surface area contributed by atoms with E-state index in [1.165, 1.54) is 0 Å². The summed E-state index contributed by atoms with van der Waals surface area (Å²) in [6.45, 7) is 2.20. The summed E-state index contributed by atoms with van der Waals surface area (Å²) in [6, 6.07) is 6.25. The Hall–Kier alpha value is -0.680. The summed E-state index contributed by atoms with van der Waals surface area (Å²) < 4.78 is 1.01. The van der Waals surface area contributed by atoms with Crippen molar-refractivity contribution in [3.63, 3.8) is 0 Å². The van der Waals surface area contributed by atoms with Crippen molar-refractivity contribution in [3.8, 4) is 0 Å². The average Bonchev–Trinajstić information content (AvgIpc) is 2.34. The van der Waals surface area contributed by atoms with Gasteiger partial charge in [-0.2, -0.15) is 11.8 Å². The molecule has 3 nitrogen and oxygen atoms in total. The number of rotatable bonds is 6. The van der Waals surface area contributed by atoms with Gasteiger partial charge in [0.25, 0.3) is 0 Å². The zero-order chi connectivity index (χ0) is 13.7. The average molecular weight is 330 g/mol. The van der Waals surface area contributed by atoms with Crippen LogP contribution in [0.3, 0.4) is 0 Å². The summed E-state index contributed by atoms with van der Waals surface area (Å²) in [6.07, 6.45) is 3.23. The number of hydrogen-bond donors (Lipinski definition) is 2. The lowest BCUT2D eigenvalue weighted by Gasteiger charge is -2.29. The van der Waals surface area contributed by atoms with Gasteiger partial charge in [-0.3, -0.25) is 5.41 Å². The molecule has 0 aliphatic heterocycles. The largest absolute Gasteiger partial charge is 0.384 e. The lowest BCUT2D eigenvalue weighted by molar-refractivity contribution is 0.669. The van der Waals surface area contributed by atoms with Crippen LogP contribution >= 0.6 is 27.7 Å². The molecule has 1 unspecified atom stereocenters. The van der Waals surface area contributed by atoms with Gasteiger partial charge in [-0.1, -0.05) is 15.9 Å². The molecule has 5 heteroatoms. The van der Waals surface area contributed by atoms with Crippen LogP contribution in [0.25, 0.3) is 0 Å². The van der Waals surface area contributed by atoms with Crippen molar-refractivity contribution in [1.82, 2.24) is 0 Å². The van der Waals surface area contributed by atoms with Gasteiger partial charge in [0.2, 0.25) is 0 Å².